The van der Waals surface area contributed by atoms with Crippen LogP contribution in [0.2, 0.25) is 0 Å². The molecule has 1 saturated carbocycles. The van der Waals surface area contributed by atoms with Gasteiger partial charge in [-0.3, -0.25) is 4.79 Å². The summed E-state index contributed by atoms with van der Waals surface area (Å²) in [6, 6.07) is -0.0334. The van der Waals surface area contributed by atoms with E-state index in [0.29, 0.717) is 6.54 Å². The Hall–Kier alpha value is -0.710. The van der Waals surface area contributed by atoms with Gasteiger partial charge >= 0.3 is 0 Å². The van der Waals surface area contributed by atoms with Crippen LogP contribution in [0.25, 0.3) is 0 Å². The first-order chi connectivity index (χ1) is 7.94. The summed E-state index contributed by atoms with van der Waals surface area (Å²) in [6.07, 6.45) is 2.05. The van der Waals surface area contributed by atoms with Crippen LogP contribution in [0, 0.1) is 5.92 Å². The highest BCUT2D eigenvalue weighted by atomic mass is 19.3. The van der Waals surface area contributed by atoms with E-state index < -0.39 is 5.92 Å². The van der Waals surface area contributed by atoms with Crippen LogP contribution in [0.1, 0.15) is 45.4 Å². The molecular formula is C12H22F2N2O. The van der Waals surface area contributed by atoms with Gasteiger partial charge in [-0.2, -0.15) is 0 Å². The van der Waals surface area contributed by atoms with E-state index in [4.69, 9.17) is 5.73 Å². The van der Waals surface area contributed by atoms with Crippen molar-refractivity contribution in [2.75, 3.05) is 6.54 Å². The van der Waals surface area contributed by atoms with Crippen molar-refractivity contribution in [2.24, 2.45) is 11.7 Å². The summed E-state index contributed by atoms with van der Waals surface area (Å²) >= 11 is 0. The largest absolute Gasteiger partial charge is 0.354 e. The van der Waals surface area contributed by atoms with Gasteiger partial charge in [0.1, 0.15) is 0 Å². The molecule has 1 rings (SSSR count). The number of amides is 1. The van der Waals surface area contributed by atoms with E-state index in [1.807, 2.05) is 6.92 Å². The van der Waals surface area contributed by atoms with Crippen LogP contribution in [-0.2, 0) is 4.79 Å². The van der Waals surface area contributed by atoms with Gasteiger partial charge in [0, 0.05) is 31.3 Å². The van der Waals surface area contributed by atoms with E-state index in [-0.39, 0.29) is 43.6 Å². The highest BCUT2D eigenvalue weighted by Gasteiger charge is 2.37. The van der Waals surface area contributed by atoms with Gasteiger partial charge < -0.3 is 11.1 Å². The van der Waals surface area contributed by atoms with Crippen molar-refractivity contribution >= 4 is 5.91 Å². The fourth-order valence-corrected chi connectivity index (χ4v) is 2.15. The molecule has 0 aromatic carbocycles. The van der Waals surface area contributed by atoms with E-state index in [9.17, 15) is 13.6 Å². The maximum Gasteiger partial charge on any atom is 0.248 e. The number of halogens is 2. The Balaban J connectivity index is 2.25. The number of nitrogens with two attached hydrogens (primary N) is 1. The molecule has 3 nitrogen and oxygen atoms in total. The number of carbonyl (C=O) groups is 1. The summed E-state index contributed by atoms with van der Waals surface area (Å²) in [7, 11) is 0. The minimum absolute atomic E-state index is 0.0334. The first-order valence-electron chi connectivity index (χ1n) is 6.35. The third-order valence-corrected chi connectivity index (χ3v) is 3.29. The minimum atomic E-state index is -2.57. The molecule has 17 heavy (non-hydrogen) atoms. The van der Waals surface area contributed by atoms with Gasteiger partial charge in [-0.05, 0) is 19.3 Å². The normalized spacial score (nSPS) is 22.1. The number of rotatable bonds is 5. The first-order valence-corrected chi connectivity index (χ1v) is 6.35. The monoisotopic (exact) mass is 248 g/mol. The highest BCUT2D eigenvalue weighted by Crippen LogP contribution is 2.36. The molecule has 0 spiro atoms. The molecule has 0 saturated heterocycles. The van der Waals surface area contributed by atoms with E-state index in [1.165, 1.54) is 0 Å². The Labute approximate surface area is 101 Å². The van der Waals surface area contributed by atoms with Crippen molar-refractivity contribution in [3.8, 4) is 0 Å². The maximum absolute atomic E-state index is 12.9. The number of carbonyl (C=O) groups excluding carboxylic acids is 1. The summed E-state index contributed by atoms with van der Waals surface area (Å²) < 4.78 is 25.8. The SMILES string of the molecule is CCCC(N)CNC(=O)C1CCC(F)(F)CC1. The molecule has 0 aromatic rings. The zero-order chi connectivity index (χ0) is 12.9. The molecule has 3 N–H and O–H groups in total. The molecule has 0 radical (unpaired) electrons. The molecule has 1 aliphatic carbocycles. The van der Waals surface area contributed by atoms with Crippen molar-refractivity contribution in [3.05, 3.63) is 0 Å². The lowest BCUT2D eigenvalue weighted by Gasteiger charge is -2.27. The fourth-order valence-electron chi connectivity index (χ4n) is 2.15. The third-order valence-electron chi connectivity index (χ3n) is 3.29. The minimum Gasteiger partial charge on any atom is -0.354 e. The second kappa shape index (κ2) is 6.28. The molecule has 1 unspecified atom stereocenters. The second-order valence-corrected chi connectivity index (χ2v) is 4.92. The van der Waals surface area contributed by atoms with Crippen LogP contribution in [0.15, 0.2) is 0 Å². The summed E-state index contributed by atoms with van der Waals surface area (Å²) in [5, 5.41) is 2.76. The van der Waals surface area contributed by atoms with Gasteiger partial charge in [0.2, 0.25) is 11.8 Å². The van der Waals surface area contributed by atoms with Gasteiger partial charge in [-0.25, -0.2) is 8.78 Å². The van der Waals surface area contributed by atoms with E-state index in [1.54, 1.807) is 0 Å². The number of hydrogen-bond donors (Lipinski definition) is 2. The average Bonchev–Trinajstić information content (AvgIpc) is 2.26. The number of hydrogen-bond acceptors (Lipinski definition) is 2. The Kier molecular flexibility index (Phi) is 5.31. The van der Waals surface area contributed by atoms with Crippen LogP contribution in [-0.4, -0.2) is 24.4 Å². The van der Waals surface area contributed by atoms with Gasteiger partial charge in [-0.15, -0.1) is 0 Å². The maximum atomic E-state index is 12.9. The predicted molar refractivity (Wildman–Crippen MR) is 62.8 cm³/mol. The molecule has 1 atom stereocenters. The van der Waals surface area contributed by atoms with Crippen LogP contribution < -0.4 is 11.1 Å². The van der Waals surface area contributed by atoms with E-state index in [0.717, 1.165) is 12.8 Å². The highest BCUT2D eigenvalue weighted by molar-refractivity contribution is 5.78. The molecule has 0 heterocycles. The first kappa shape index (κ1) is 14.4. The molecule has 1 aliphatic rings. The molecule has 5 heteroatoms. The Morgan fingerprint density at radius 1 is 1.47 bits per heavy atom. The summed E-state index contributed by atoms with van der Waals surface area (Å²) in [6.45, 7) is 2.48. The number of nitrogens with one attached hydrogen (secondary N) is 1. The molecule has 0 bridgehead atoms. The molecule has 100 valence electrons. The van der Waals surface area contributed by atoms with Crippen molar-refractivity contribution in [2.45, 2.75) is 57.4 Å². The van der Waals surface area contributed by atoms with Crippen LogP contribution >= 0.6 is 0 Å². The zero-order valence-electron chi connectivity index (χ0n) is 10.3. The van der Waals surface area contributed by atoms with Crippen molar-refractivity contribution < 1.29 is 13.6 Å². The van der Waals surface area contributed by atoms with E-state index in [2.05, 4.69) is 5.32 Å². The Morgan fingerprint density at radius 2 is 2.06 bits per heavy atom. The lowest BCUT2D eigenvalue weighted by Crippen LogP contribution is -2.41. The van der Waals surface area contributed by atoms with Crippen molar-refractivity contribution in [1.29, 1.82) is 0 Å². The van der Waals surface area contributed by atoms with Crippen molar-refractivity contribution in [3.63, 3.8) is 0 Å². The quantitative estimate of drug-likeness (QED) is 0.782. The van der Waals surface area contributed by atoms with E-state index >= 15 is 0 Å². The lowest BCUT2D eigenvalue weighted by molar-refractivity contribution is -0.129. The van der Waals surface area contributed by atoms with Gasteiger partial charge in [-0.1, -0.05) is 13.3 Å². The molecular weight excluding hydrogens is 226 g/mol. The summed E-state index contributed by atoms with van der Waals surface area (Å²) in [4.78, 5) is 11.7. The Morgan fingerprint density at radius 3 is 2.59 bits per heavy atom. The van der Waals surface area contributed by atoms with Crippen LogP contribution in [0.5, 0.6) is 0 Å². The molecule has 0 aliphatic heterocycles. The fraction of sp³-hybridized carbons (Fsp3) is 0.917. The standard InChI is InChI=1S/C12H22F2N2O/c1-2-3-10(15)8-16-11(17)9-4-6-12(13,14)7-5-9/h9-10H,2-8,15H2,1H3,(H,16,17). The van der Waals surface area contributed by atoms with Crippen LogP contribution in [0.3, 0.4) is 0 Å². The topological polar surface area (TPSA) is 55.1 Å². The van der Waals surface area contributed by atoms with Gasteiger partial charge in [0.05, 0.1) is 0 Å². The van der Waals surface area contributed by atoms with Gasteiger partial charge in [0.25, 0.3) is 0 Å². The third kappa shape index (κ3) is 4.98. The second-order valence-electron chi connectivity index (χ2n) is 4.92. The summed E-state index contributed by atoms with van der Waals surface area (Å²) in [5.41, 5.74) is 5.77. The number of alkyl halides is 2. The lowest BCUT2D eigenvalue weighted by atomic mass is 9.86. The van der Waals surface area contributed by atoms with Crippen molar-refractivity contribution in [1.82, 2.24) is 5.32 Å². The van der Waals surface area contributed by atoms with Gasteiger partial charge in [0.15, 0.2) is 0 Å². The smallest absolute Gasteiger partial charge is 0.248 e. The Bertz CT molecular complexity index is 249. The summed E-state index contributed by atoms with van der Waals surface area (Å²) in [5.74, 6) is -2.95. The van der Waals surface area contributed by atoms with Crippen LogP contribution in [0.4, 0.5) is 8.78 Å². The molecule has 1 amide bonds. The average molecular weight is 248 g/mol. The zero-order valence-corrected chi connectivity index (χ0v) is 10.3. The molecule has 0 aromatic heterocycles. The predicted octanol–water partition coefficient (Wildman–Crippen LogP) is 2.06. The molecule has 1 fully saturated rings.